The second kappa shape index (κ2) is 7.81. The van der Waals surface area contributed by atoms with Gasteiger partial charge in [0, 0.05) is 32.9 Å². The summed E-state index contributed by atoms with van der Waals surface area (Å²) in [7, 11) is 1.79. The van der Waals surface area contributed by atoms with Gasteiger partial charge in [-0.15, -0.1) is 0 Å². The van der Waals surface area contributed by atoms with Crippen LogP contribution in [0.2, 0.25) is 5.02 Å². The molecule has 0 unspecified atom stereocenters. The number of rotatable bonds is 6. The highest BCUT2D eigenvalue weighted by Gasteiger charge is 2.20. The summed E-state index contributed by atoms with van der Waals surface area (Å²) in [5, 5.41) is 4.13. The van der Waals surface area contributed by atoms with Gasteiger partial charge < -0.3 is 15.0 Å². The Bertz CT molecular complexity index is 420. The molecular formula is C15H24ClN3O. The van der Waals surface area contributed by atoms with E-state index in [0.29, 0.717) is 6.10 Å². The van der Waals surface area contributed by atoms with E-state index in [0.717, 1.165) is 61.8 Å². The summed E-state index contributed by atoms with van der Waals surface area (Å²) in [6.45, 7) is 5.96. The van der Waals surface area contributed by atoms with Crippen molar-refractivity contribution in [2.24, 2.45) is 0 Å². The maximum atomic E-state index is 6.22. The van der Waals surface area contributed by atoms with Gasteiger partial charge in [0.05, 0.1) is 11.1 Å². The molecular weight excluding hydrogens is 274 g/mol. The third kappa shape index (κ3) is 4.08. The molecule has 0 atom stereocenters. The van der Waals surface area contributed by atoms with E-state index in [1.54, 1.807) is 13.3 Å². The van der Waals surface area contributed by atoms with Crippen LogP contribution in [0.25, 0.3) is 0 Å². The lowest BCUT2D eigenvalue weighted by Gasteiger charge is -2.32. The molecule has 112 valence electrons. The van der Waals surface area contributed by atoms with Gasteiger partial charge >= 0.3 is 0 Å². The van der Waals surface area contributed by atoms with Crippen molar-refractivity contribution in [2.75, 3.05) is 31.6 Å². The van der Waals surface area contributed by atoms with E-state index in [9.17, 15) is 0 Å². The maximum Gasteiger partial charge on any atom is 0.128 e. The molecule has 0 spiro atoms. The summed E-state index contributed by atoms with van der Waals surface area (Å²) in [4.78, 5) is 6.78. The number of methoxy groups -OCH3 is 1. The van der Waals surface area contributed by atoms with Crippen LogP contribution in [0.1, 0.15) is 31.7 Å². The van der Waals surface area contributed by atoms with E-state index < -0.39 is 0 Å². The maximum absolute atomic E-state index is 6.22. The third-order valence-electron chi connectivity index (χ3n) is 3.76. The predicted octanol–water partition coefficient (Wildman–Crippen LogP) is 2.85. The van der Waals surface area contributed by atoms with Gasteiger partial charge in [0.1, 0.15) is 5.82 Å². The quantitative estimate of drug-likeness (QED) is 0.819. The summed E-state index contributed by atoms with van der Waals surface area (Å²) >= 11 is 6.22. The van der Waals surface area contributed by atoms with Crippen molar-refractivity contribution < 1.29 is 4.74 Å². The Balaban J connectivity index is 1.99. The fourth-order valence-corrected chi connectivity index (χ4v) is 2.67. The van der Waals surface area contributed by atoms with Crippen LogP contribution in [0, 0.1) is 0 Å². The van der Waals surface area contributed by atoms with Gasteiger partial charge in [-0.3, -0.25) is 0 Å². The summed E-state index contributed by atoms with van der Waals surface area (Å²) < 4.78 is 5.41. The molecule has 2 rings (SSSR count). The van der Waals surface area contributed by atoms with Crippen LogP contribution in [0.3, 0.4) is 0 Å². The van der Waals surface area contributed by atoms with Crippen molar-refractivity contribution in [3.63, 3.8) is 0 Å². The molecule has 0 radical (unpaired) electrons. The summed E-state index contributed by atoms with van der Waals surface area (Å²) in [6.07, 6.45) is 5.40. The molecule has 4 nitrogen and oxygen atoms in total. The zero-order chi connectivity index (χ0) is 14.4. The second-order valence-corrected chi connectivity index (χ2v) is 5.64. The van der Waals surface area contributed by atoms with Gasteiger partial charge in [-0.2, -0.15) is 0 Å². The Morgan fingerprint density at radius 1 is 1.45 bits per heavy atom. The first-order valence-electron chi connectivity index (χ1n) is 7.37. The number of hydrogen-bond donors (Lipinski definition) is 1. The topological polar surface area (TPSA) is 37.4 Å². The fourth-order valence-electron chi connectivity index (χ4n) is 2.50. The monoisotopic (exact) mass is 297 g/mol. The van der Waals surface area contributed by atoms with E-state index in [1.165, 1.54) is 0 Å². The van der Waals surface area contributed by atoms with E-state index >= 15 is 0 Å². The molecule has 2 heterocycles. The predicted molar refractivity (Wildman–Crippen MR) is 83.5 cm³/mol. The molecule has 1 saturated heterocycles. The smallest absolute Gasteiger partial charge is 0.128 e. The normalized spacial score (nSPS) is 16.6. The van der Waals surface area contributed by atoms with Crippen molar-refractivity contribution in [3.8, 4) is 0 Å². The molecule has 0 aromatic carbocycles. The van der Waals surface area contributed by atoms with Gasteiger partial charge in [-0.05, 0) is 37.4 Å². The molecule has 20 heavy (non-hydrogen) atoms. The molecule has 1 fully saturated rings. The molecule has 1 aromatic heterocycles. The van der Waals surface area contributed by atoms with Gasteiger partial charge in [-0.25, -0.2) is 4.98 Å². The molecule has 0 amide bonds. The van der Waals surface area contributed by atoms with Gasteiger partial charge in [0.25, 0.3) is 0 Å². The van der Waals surface area contributed by atoms with E-state index in [1.807, 2.05) is 0 Å². The van der Waals surface area contributed by atoms with Gasteiger partial charge in [0.15, 0.2) is 0 Å². The summed E-state index contributed by atoms with van der Waals surface area (Å²) in [6, 6.07) is 2.11. The van der Waals surface area contributed by atoms with Crippen LogP contribution in [-0.4, -0.2) is 37.8 Å². The first-order chi connectivity index (χ1) is 9.74. The van der Waals surface area contributed by atoms with E-state index in [4.69, 9.17) is 16.3 Å². The fraction of sp³-hybridized carbons (Fsp3) is 0.667. The lowest BCUT2D eigenvalue weighted by molar-refractivity contribution is 0.0818. The second-order valence-electron chi connectivity index (χ2n) is 5.23. The van der Waals surface area contributed by atoms with Crippen LogP contribution in [0.15, 0.2) is 12.3 Å². The zero-order valence-electron chi connectivity index (χ0n) is 12.4. The number of piperidine rings is 1. The number of ether oxygens (including phenoxy) is 1. The Labute approximate surface area is 126 Å². The highest BCUT2D eigenvalue weighted by atomic mass is 35.5. The van der Waals surface area contributed by atoms with Crippen molar-refractivity contribution in [2.45, 2.75) is 38.8 Å². The van der Waals surface area contributed by atoms with Crippen LogP contribution in [0.5, 0.6) is 0 Å². The van der Waals surface area contributed by atoms with Crippen molar-refractivity contribution in [3.05, 3.63) is 22.8 Å². The van der Waals surface area contributed by atoms with Crippen molar-refractivity contribution in [1.29, 1.82) is 0 Å². The van der Waals surface area contributed by atoms with Crippen molar-refractivity contribution >= 4 is 17.4 Å². The van der Waals surface area contributed by atoms with Crippen LogP contribution in [0.4, 0.5) is 5.82 Å². The minimum Gasteiger partial charge on any atom is -0.381 e. The first-order valence-corrected chi connectivity index (χ1v) is 7.75. The average molecular weight is 298 g/mol. The Hall–Kier alpha value is -0.840. The van der Waals surface area contributed by atoms with E-state index in [2.05, 4.69) is 28.2 Å². The molecule has 1 N–H and O–H groups in total. The van der Waals surface area contributed by atoms with Crippen molar-refractivity contribution in [1.82, 2.24) is 10.3 Å². The third-order valence-corrected chi connectivity index (χ3v) is 4.10. The number of anilines is 1. The Morgan fingerprint density at radius 2 is 2.20 bits per heavy atom. The lowest BCUT2D eigenvalue weighted by Crippen LogP contribution is -2.37. The number of nitrogens with one attached hydrogen (secondary N) is 1. The number of aromatic nitrogens is 1. The number of pyridine rings is 1. The minimum absolute atomic E-state index is 0.393. The molecule has 0 saturated carbocycles. The molecule has 0 aliphatic carbocycles. The van der Waals surface area contributed by atoms with Gasteiger partial charge in [0.2, 0.25) is 0 Å². The van der Waals surface area contributed by atoms with Crippen LogP contribution >= 0.6 is 11.6 Å². The lowest BCUT2D eigenvalue weighted by atomic mass is 10.1. The number of halogens is 1. The molecule has 0 bridgehead atoms. The summed E-state index contributed by atoms with van der Waals surface area (Å²) in [5.74, 6) is 1.03. The number of nitrogens with zero attached hydrogens (tertiary/aromatic N) is 2. The SMILES string of the molecule is CCCNCc1cc(N2CCC(OC)CC2)ncc1Cl. The largest absolute Gasteiger partial charge is 0.381 e. The molecule has 1 aromatic rings. The zero-order valence-corrected chi connectivity index (χ0v) is 13.1. The molecule has 5 heteroatoms. The van der Waals surface area contributed by atoms with E-state index in [-0.39, 0.29) is 0 Å². The van der Waals surface area contributed by atoms with Crippen LogP contribution < -0.4 is 10.2 Å². The highest BCUT2D eigenvalue weighted by Crippen LogP contribution is 2.23. The Morgan fingerprint density at radius 3 is 2.85 bits per heavy atom. The summed E-state index contributed by atoms with van der Waals surface area (Å²) in [5.41, 5.74) is 1.12. The minimum atomic E-state index is 0.393. The van der Waals surface area contributed by atoms with Gasteiger partial charge in [-0.1, -0.05) is 18.5 Å². The standard InChI is InChI=1S/C15H24ClN3O/c1-3-6-17-10-12-9-15(18-11-14(12)16)19-7-4-13(20-2)5-8-19/h9,11,13,17H,3-8,10H2,1-2H3. The number of hydrogen-bond acceptors (Lipinski definition) is 4. The highest BCUT2D eigenvalue weighted by molar-refractivity contribution is 6.31. The molecule has 1 aliphatic rings. The Kier molecular flexibility index (Phi) is 6.07. The first kappa shape index (κ1) is 15.5. The molecule has 1 aliphatic heterocycles. The average Bonchev–Trinajstić information content (AvgIpc) is 2.49. The van der Waals surface area contributed by atoms with Crippen LogP contribution in [-0.2, 0) is 11.3 Å².